The van der Waals surface area contributed by atoms with Gasteiger partial charge in [0.25, 0.3) is 5.91 Å². The maximum atomic E-state index is 12.1. The molecule has 0 aromatic heterocycles. The lowest BCUT2D eigenvalue weighted by molar-refractivity contribution is 0.0938. The van der Waals surface area contributed by atoms with Crippen molar-refractivity contribution in [3.8, 4) is 0 Å². The summed E-state index contributed by atoms with van der Waals surface area (Å²) in [6.07, 6.45) is 2.39. The molecule has 1 aromatic rings. The van der Waals surface area contributed by atoms with E-state index >= 15 is 0 Å². The van der Waals surface area contributed by atoms with Crippen LogP contribution in [-0.4, -0.2) is 28.2 Å². The first-order chi connectivity index (χ1) is 8.40. The van der Waals surface area contributed by atoms with Crippen LogP contribution in [0.5, 0.6) is 0 Å². The highest BCUT2D eigenvalue weighted by Gasteiger charge is 2.12. The van der Waals surface area contributed by atoms with E-state index in [0.717, 1.165) is 10.5 Å². The molecule has 1 amide bonds. The standard InChI is InChI=1S/C13H19NO2S2/c1-9-4-5-11(17)8-12(9)13(15)14-10(2)6-7-18(3)16/h4-5,8,10,17H,6-7H2,1-3H3,(H,14,15). The van der Waals surface area contributed by atoms with Crippen LogP contribution in [-0.2, 0) is 10.8 Å². The second-order valence-electron chi connectivity index (χ2n) is 4.44. The number of hydrogen-bond donors (Lipinski definition) is 2. The third-order valence-electron chi connectivity index (χ3n) is 2.68. The average Bonchev–Trinajstić information content (AvgIpc) is 2.29. The zero-order valence-electron chi connectivity index (χ0n) is 10.9. The van der Waals surface area contributed by atoms with Crippen LogP contribution >= 0.6 is 12.6 Å². The zero-order chi connectivity index (χ0) is 13.7. The van der Waals surface area contributed by atoms with Gasteiger partial charge in [0.05, 0.1) is 0 Å². The molecule has 0 radical (unpaired) electrons. The monoisotopic (exact) mass is 285 g/mol. The smallest absolute Gasteiger partial charge is 0.251 e. The molecule has 0 aliphatic carbocycles. The van der Waals surface area contributed by atoms with Crippen LogP contribution in [0.3, 0.4) is 0 Å². The van der Waals surface area contributed by atoms with E-state index in [1.54, 1.807) is 12.3 Å². The molecule has 1 rings (SSSR count). The molecule has 0 saturated heterocycles. The van der Waals surface area contributed by atoms with Crippen molar-refractivity contribution in [3.05, 3.63) is 29.3 Å². The third-order valence-corrected chi connectivity index (χ3v) is 3.77. The minimum atomic E-state index is -0.817. The number of nitrogens with one attached hydrogen (secondary N) is 1. The highest BCUT2D eigenvalue weighted by atomic mass is 32.2. The molecule has 18 heavy (non-hydrogen) atoms. The molecule has 0 heterocycles. The molecule has 0 aliphatic heterocycles. The van der Waals surface area contributed by atoms with Gasteiger partial charge in [-0.1, -0.05) is 6.07 Å². The van der Waals surface area contributed by atoms with Crippen molar-refractivity contribution in [2.75, 3.05) is 12.0 Å². The van der Waals surface area contributed by atoms with Gasteiger partial charge in [-0.3, -0.25) is 9.00 Å². The van der Waals surface area contributed by atoms with Crippen LogP contribution in [0, 0.1) is 6.92 Å². The summed E-state index contributed by atoms with van der Waals surface area (Å²) in [6, 6.07) is 5.52. The van der Waals surface area contributed by atoms with Crippen molar-refractivity contribution in [2.24, 2.45) is 0 Å². The number of benzene rings is 1. The largest absolute Gasteiger partial charge is 0.350 e. The van der Waals surface area contributed by atoms with Crippen molar-refractivity contribution >= 4 is 29.3 Å². The Morgan fingerprint density at radius 3 is 2.78 bits per heavy atom. The number of thiol groups is 1. The fourth-order valence-corrected chi connectivity index (χ4v) is 2.46. The van der Waals surface area contributed by atoms with Crippen molar-refractivity contribution < 1.29 is 9.00 Å². The second-order valence-corrected chi connectivity index (χ2v) is 6.51. The van der Waals surface area contributed by atoms with E-state index in [4.69, 9.17) is 0 Å². The van der Waals surface area contributed by atoms with Crippen LogP contribution in [0.2, 0.25) is 0 Å². The summed E-state index contributed by atoms with van der Waals surface area (Å²) in [5.41, 5.74) is 1.57. The van der Waals surface area contributed by atoms with E-state index in [9.17, 15) is 9.00 Å². The molecule has 0 bridgehead atoms. The van der Waals surface area contributed by atoms with E-state index in [2.05, 4.69) is 17.9 Å². The zero-order valence-corrected chi connectivity index (χ0v) is 12.6. The summed E-state index contributed by atoms with van der Waals surface area (Å²) in [4.78, 5) is 12.8. The summed E-state index contributed by atoms with van der Waals surface area (Å²) >= 11 is 4.23. The lowest BCUT2D eigenvalue weighted by Crippen LogP contribution is -2.33. The van der Waals surface area contributed by atoms with Crippen molar-refractivity contribution in [2.45, 2.75) is 31.2 Å². The minimum Gasteiger partial charge on any atom is -0.350 e. The van der Waals surface area contributed by atoms with Gasteiger partial charge in [-0.15, -0.1) is 12.6 Å². The van der Waals surface area contributed by atoms with Gasteiger partial charge < -0.3 is 5.32 Å². The second kappa shape index (κ2) is 6.95. The average molecular weight is 285 g/mol. The number of carbonyl (C=O) groups is 1. The fourth-order valence-electron chi connectivity index (χ4n) is 1.57. The Morgan fingerprint density at radius 2 is 2.17 bits per heavy atom. The van der Waals surface area contributed by atoms with Gasteiger partial charge in [0, 0.05) is 39.3 Å². The number of hydrogen-bond acceptors (Lipinski definition) is 3. The van der Waals surface area contributed by atoms with Gasteiger partial charge >= 0.3 is 0 Å². The Balaban J connectivity index is 2.64. The van der Waals surface area contributed by atoms with Crippen molar-refractivity contribution in [1.82, 2.24) is 5.32 Å². The maximum Gasteiger partial charge on any atom is 0.251 e. The first-order valence-corrected chi connectivity index (χ1v) is 7.98. The maximum absolute atomic E-state index is 12.1. The van der Waals surface area contributed by atoms with Crippen LogP contribution < -0.4 is 5.32 Å². The van der Waals surface area contributed by atoms with E-state index in [1.807, 2.05) is 26.0 Å². The van der Waals surface area contributed by atoms with Gasteiger partial charge in [0.15, 0.2) is 0 Å². The minimum absolute atomic E-state index is 0.0179. The molecule has 3 nitrogen and oxygen atoms in total. The van der Waals surface area contributed by atoms with Crippen LogP contribution in [0.4, 0.5) is 0 Å². The molecule has 2 atom stereocenters. The molecule has 0 spiro atoms. The van der Waals surface area contributed by atoms with Gasteiger partial charge in [0.1, 0.15) is 0 Å². The fraction of sp³-hybridized carbons (Fsp3) is 0.462. The molecular formula is C13H19NO2S2. The topological polar surface area (TPSA) is 46.2 Å². The Kier molecular flexibility index (Phi) is 5.88. The first kappa shape index (κ1) is 15.2. The van der Waals surface area contributed by atoms with Crippen LogP contribution in [0.1, 0.15) is 29.3 Å². The lowest BCUT2D eigenvalue weighted by Gasteiger charge is -2.14. The predicted octanol–water partition coefficient (Wildman–Crippen LogP) is 2.17. The van der Waals surface area contributed by atoms with Crippen molar-refractivity contribution in [1.29, 1.82) is 0 Å². The normalized spacial score (nSPS) is 14.0. The number of rotatable bonds is 5. The molecule has 100 valence electrons. The van der Waals surface area contributed by atoms with Gasteiger partial charge in [-0.2, -0.15) is 0 Å². The number of carbonyl (C=O) groups excluding carboxylic acids is 1. The van der Waals surface area contributed by atoms with Crippen molar-refractivity contribution in [3.63, 3.8) is 0 Å². The summed E-state index contributed by atoms with van der Waals surface area (Å²) < 4.78 is 11.0. The molecule has 0 saturated carbocycles. The highest BCUT2D eigenvalue weighted by molar-refractivity contribution is 7.84. The van der Waals surface area contributed by atoms with Gasteiger partial charge in [-0.25, -0.2) is 0 Å². The predicted molar refractivity (Wildman–Crippen MR) is 78.9 cm³/mol. The van der Waals surface area contributed by atoms with E-state index in [-0.39, 0.29) is 11.9 Å². The third kappa shape index (κ3) is 4.82. The van der Waals surface area contributed by atoms with Gasteiger partial charge in [-0.05, 0) is 38.0 Å². The quantitative estimate of drug-likeness (QED) is 0.815. The number of amides is 1. The van der Waals surface area contributed by atoms with Crippen LogP contribution in [0.25, 0.3) is 0 Å². The molecular weight excluding hydrogens is 266 g/mol. The van der Waals surface area contributed by atoms with E-state index in [0.29, 0.717) is 17.7 Å². The summed E-state index contributed by atoms with van der Waals surface area (Å²) in [5.74, 6) is 0.505. The highest BCUT2D eigenvalue weighted by Crippen LogP contribution is 2.14. The summed E-state index contributed by atoms with van der Waals surface area (Å²) in [5, 5.41) is 2.91. The Labute approximate surface area is 116 Å². The van der Waals surface area contributed by atoms with Gasteiger partial charge in [0.2, 0.25) is 0 Å². The molecule has 1 aromatic carbocycles. The first-order valence-electron chi connectivity index (χ1n) is 5.80. The Hall–Kier alpha value is -0.810. The number of aryl methyl sites for hydroxylation is 1. The lowest BCUT2D eigenvalue weighted by atomic mass is 10.1. The summed E-state index contributed by atoms with van der Waals surface area (Å²) in [7, 11) is -0.817. The molecule has 0 aliphatic rings. The molecule has 1 N–H and O–H groups in total. The molecule has 2 unspecified atom stereocenters. The van der Waals surface area contributed by atoms with E-state index in [1.165, 1.54) is 0 Å². The Morgan fingerprint density at radius 1 is 1.50 bits per heavy atom. The van der Waals surface area contributed by atoms with E-state index < -0.39 is 10.8 Å². The summed E-state index contributed by atoms with van der Waals surface area (Å²) in [6.45, 7) is 3.82. The SMILES string of the molecule is Cc1ccc(S)cc1C(=O)NC(C)CCS(C)=O. The van der Waals surface area contributed by atoms with Crippen LogP contribution in [0.15, 0.2) is 23.1 Å². The Bertz CT molecular complexity index is 460. The molecule has 5 heteroatoms. The molecule has 0 fully saturated rings.